The average Bonchev–Trinajstić information content (AvgIpc) is 3.07. The second kappa shape index (κ2) is 4.67. The van der Waals surface area contributed by atoms with Gasteiger partial charge in [0.2, 0.25) is 0 Å². The van der Waals surface area contributed by atoms with Crippen molar-refractivity contribution < 1.29 is 0 Å². The van der Waals surface area contributed by atoms with Crippen LogP contribution in [0.2, 0.25) is 5.15 Å². The van der Waals surface area contributed by atoms with Crippen molar-refractivity contribution in [2.75, 3.05) is 30.5 Å². The summed E-state index contributed by atoms with van der Waals surface area (Å²) < 4.78 is 0.405. The van der Waals surface area contributed by atoms with Crippen LogP contribution in [-0.2, 0) is 0 Å². The van der Waals surface area contributed by atoms with Crippen LogP contribution in [0.5, 0.6) is 0 Å². The van der Waals surface area contributed by atoms with Gasteiger partial charge in [0, 0.05) is 18.3 Å². The second-order valence-electron chi connectivity index (χ2n) is 3.88. The second-order valence-corrected chi connectivity index (χ2v) is 5.51. The van der Waals surface area contributed by atoms with Gasteiger partial charge in [0.25, 0.3) is 0 Å². The van der Waals surface area contributed by atoms with Crippen LogP contribution in [-0.4, -0.2) is 34.6 Å². The minimum atomic E-state index is 0.405. The largest absolute Gasteiger partial charge is 0.383 e. The quantitative estimate of drug-likeness (QED) is 0.795. The van der Waals surface area contributed by atoms with Crippen molar-refractivity contribution in [1.82, 2.24) is 9.97 Å². The first kappa shape index (κ1) is 11.8. The highest BCUT2D eigenvalue weighted by molar-refractivity contribution is 8.00. The maximum Gasteiger partial charge on any atom is 0.157 e. The lowest BCUT2D eigenvalue weighted by Crippen LogP contribution is -2.19. The van der Waals surface area contributed by atoms with Crippen LogP contribution in [0, 0.1) is 0 Å². The molecule has 2 rings (SSSR count). The lowest BCUT2D eigenvalue weighted by molar-refractivity contribution is 0.937. The van der Waals surface area contributed by atoms with Crippen LogP contribution in [0.15, 0.2) is 6.33 Å². The number of hydrogen-bond donors (Lipinski definition) is 2. The molecular formula is C10H15ClN4S. The molecule has 0 radical (unpaired) electrons. The molecular weight excluding hydrogens is 244 g/mol. The monoisotopic (exact) mass is 258 g/mol. The maximum absolute atomic E-state index is 5.97. The third kappa shape index (κ3) is 2.35. The minimum absolute atomic E-state index is 0.405. The van der Waals surface area contributed by atoms with E-state index >= 15 is 0 Å². The Hall–Kier alpha value is -0.680. The van der Waals surface area contributed by atoms with Crippen molar-refractivity contribution in [3.63, 3.8) is 0 Å². The third-order valence-corrected chi connectivity index (χ3v) is 4.57. The number of thioether (sulfide) groups is 1. The summed E-state index contributed by atoms with van der Waals surface area (Å²) in [6.07, 6.45) is 6.18. The van der Waals surface area contributed by atoms with E-state index in [0.29, 0.717) is 9.90 Å². The zero-order chi connectivity index (χ0) is 11.6. The Morgan fingerprint density at radius 1 is 1.50 bits per heavy atom. The topological polar surface area (TPSA) is 49.8 Å². The molecule has 0 aromatic carbocycles. The Kier molecular flexibility index (Phi) is 3.44. The van der Waals surface area contributed by atoms with Crippen molar-refractivity contribution in [3.05, 3.63) is 11.5 Å². The van der Waals surface area contributed by atoms with E-state index in [1.165, 1.54) is 19.2 Å². The van der Waals surface area contributed by atoms with E-state index in [0.717, 1.165) is 18.1 Å². The van der Waals surface area contributed by atoms with E-state index in [-0.39, 0.29) is 0 Å². The summed E-state index contributed by atoms with van der Waals surface area (Å²) in [6, 6.07) is 0. The van der Waals surface area contributed by atoms with E-state index in [1.807, 2.05) is 18.8 Å². The number of rotatable bonds is 5. The highest BCUT2D eigenvalue weighted by Crippen LogP contribution is 2.47. The SMILES string of the molecule is CNc1c(Cl)ncnc1NCC1(SC)CC1. The fourth-order valence-electron chi connectivity index (χ4n) is 1.56. The first-order valence-corrected chi connectivity index (χ1v) is 6.78. The summed E-state index contributed by atoms with van der Waals surface area (Å²) in [5.41, 5.74) is 0.765. The number of halogens is 1. The first-order chi connectivity index (χ1) is 7.71. The van der Waals surface area contributed by atoms with Crippen LogP contribution in [0.4, 0.5) is 11.5 Å². The Morgan fingerprint density at radius 3 is 2.81 bits per heavy atom. The fourth-order valence-corrected chi connectivity index (χ4v) is 2.51. The number of nitrogens with zero attached hydrogens (tertiary/aromatic N) is 2. The molecule has 0 amide bonds. The standard InChI is InChI=1S/C10H15ClN4S/c1-12-7-8(11)14-6-15-9(7)13-5-10(16-2)3-4-10/h6,12H,3-5H2,1-2H3,(H,13,14,15). The Bertz CT molecular complexity index is 381. The van der Waals surface area contributed by atoms with Gasteiger partial charge in [-0.25, -0.2) is 9.97 Å². The molecule has 6 heteroatoms. The van der Waals surface area contributed by atoms with Crippen LogP contribution < -0.4 is 10.6 Å². The fraction of sp³-hybridized carbons (Fsp3) is 0.600. The summed E-state index contributed by atoms with van der Waals surface area (Å²) in [6.45, 7) is 0.927. The molecule has 0 spiro atoms. The third-order valence-electron chi connectivity index (χ3n) is 2.87. The van der Waals surface area contributed by atoms with E-state index in [2.05, 4.69) is 26.9 Å². The van der Waals surface area contributed by atoms with E-state index in [4.69, 9.17) is 11.6 Å². The van der Waals surface area contributed by atoms with E-state index in [1.54, 1.807) is 0 Å². The van der Waals surface area contributed by atoms with Crippen LogP contribution in [0.3, 0.4) is 0 Å². The predicted molar refractivity (Wildman–Crippen MR) is 70.6 cm³/mol. The predicted octanol–water partition coefficient (Wildman–Crippen LogP) is 2.48. The van der Waals surface area contributed by atoms with Crippen molar-refractivity contribution in [1.29, 1.82) is 0 Å². The minimum Gasteiger partial charge on any atom is -0.383 e. The first-order valence-electron chi connectivity index (χ1n) is 5.18. The van der Waals surface area contributed by atoms with Crippen LogP contribution in [0.1, 0.15) is 12.8 Å². The van der Waals surface area contributed by atoms with Gasteiger partial charge in [-0.2, -0.15) is 11.8 Å². The molecule has 0 bridgehead atoms. The highest BCUT2D eigenvalue weighted by atomic mass is 35.5. The van der Waals surface area contributed by atoms with E-state index in [9.17, 15) is 0 Å². The molecule has 0 aliphatic heterocycles. The van der Waals surface area contributed by atoms with E-state index < -0.39 is 0 Å². The zero-order valence-electron chi connectivity index (χ0n) is 9.38. The Balaban J connectivity index is 2.06. The molecule has 1 aliphatic carbocycles. The summed E-state index contributed by atoms with van der Waals surface area (Å²) in [5.74, 6) is 0.780. The van der Waals surface area contributed by atoms with Gasteiger partial charge in [0.1, 0.15) is 12.0 Å². The molecule has 0 saturated heterocycles. The number of anilines is 2. The lowest BCUT2D eigenvalue weighted by atomic mass is 10.4. The zero-order valence-corrected chi connectivity index (χ0v) is 11.0. The Labute approximate surface area is 105 Å². The molecule has 0 atom stereocenters. The molecule has 4 nitrogen and oxygen atoms in total. The van der Waals surface area contributed by atoms with Gasteiger partial charge in [-0.1, -0.05) is 11.6 Å². The van der Waals surface area contributed by atoms with Crippen molar-refractivity contribution >= 4 is 34.9 Å². The summed E-state index contributed by atoms with van der Waals surface area (Å²) in [5, 5.41) is 6.80. The summed E-state index contributed by atoms with van der Waals surface area (Å²) in [4.78, 5) is 8.13. The molecule has 0 unspecified atom stereocenters. The molecule has 1 saturated carbocycles. The molecule has 1 aromatic rings. The molecule has 1 aliphatic rings. The van der Waals surface area contributed by atoms with Crippen LogP contribution in [0.25, 0.3) is 0 Å². The number of aromatic nitrogens is 2. The molecule has 2 N–H and O–H groups in total. The van der Waals surface area contributed by atoms with Gasteiger partial charge < -0.3 is 10.6 Å². The van der Waals surface area contributed by atoms with Crippen molar-refractivity contribution in [2.45, 2.75) is 17.6 Å². The number of hydrogen-bond acceptors (Lipinski definition) is 5. The average molecular weight is 259 g/mol. The van der Waals surface area contributed by atoms with Gasteiger partial charge in [-0.15, -0.1) is 0 Å². The van der Waals surface area contributed by atoms with Gasteiger partial charge in [-0.3, -0.25) is 0 Å². The molecule has 88 valence electrons. The molecule has 1 fully saturated rings. The smallest absolute Gasteiger partial charge is 0.157 e. The molecule has 1 heterocycles. The summed E-state index contributed by atoms with van der Waals surface area (Å²) in [7, 11) is 1.82. The lowest BCUT2D eigenvalue weighted by Gasteiger charge is -2.15. The molecule has 1 aromatic heterocycles. The van der Waals surface area contributed by atoms with Gasteiger partial charge >= 0.3 is 0 Å². The number of nitrogens with one attached hydrogen (secondary N) is 2. The van der Waals surface area contributed by atoms with Crippen LogP contribution >= 0.6 is 23.4 Å². The van der Waals surface area contributed by atoms with Crippen molar-refractivity contribution in [3.8, 4) is 0 Å². The van der Waals surface area contributed by atoms with Crippen molar-refractivity contribution in [2.24, 2.45) is 0 Å². The van der Waals surface area contributed by atoms with Gasteiger partial charge in [0.15, 0.2) is 11.0 Å². The van der Waals surface area contributed by atoms with Gasteiger partial charge in [-0.05, 0) is 19.1 Å². The molecule has 16 heavy (non-hydrogen) atoms. The Morgan fingerprint density at radius 2 is 2.25 bits per heavy atom. The summed E-state index contributed by atoms with van der Waals surface area (Å²) >= 11 is 7.89. The normalized spacial score (nSPS) is 16.9. The van der Waals surface area contributed by atoms with Gasteiger partial charge in [0.05, 0.1) is 0 Å². The highest BCUT2D eigenvalue weighted by Gasteiger charge is 2.41. The maximum atomic E-state index is 5.97.